The molecule has 1 aliphatic carbocycles. The lowest BCUT2D eigenvalue weighted by Crippen LogP contribution is -2.35. The third kappa shape index (κ3) is 3.32. The number of nitrogens with one attached hydrogen (secondary N) is 1. The predicted molar refractivity (Wildman–Crippen MR) is 104 cm³/mol. The quantitative estimate of drug-likeness (QED) is 0.918. The minimum absolute atomic E-state index is 0.00887. The fraction of sp³-hybridized carbons (Fsp3) is 0.550. The molecular formula is C20H27N5O. The first kappa shape index (κ1) is 17.1. The van der Waals surface area contributed by atoms with Gasteiger partial charge in [-0.3, -0.25) is 4.79 Å². The molecule has 1 saturated heterocycles. The molecule has 0 bridgehead atoms. The maximum absolute atomic E-state index is 11.6. The lowest BCUT2D eigenvalue weighted by atomic mass is 9.89. The molecule has 6 heteroatoms. The van der Waals surface area contributed by atoms with Crippen LogP contribution in [0.25, 0.3) is 0 Å². The largest absolute Gasteiger partial charge is 0.356 e. The van der Waals surface area contributed by atoms with Crippen LogP contribution in [-0.2, 0) is 12.8 Å². The van der Waals surface area contributed by atoms with Crippen molar-refractivity contribution in [1.82, 2.24) is 15.0 Å². The minimum Gasteiger partial charge on any atom is -0.356 e. The summed E-state index contributed by atoms with van der Waals surface area (Å²) in [6.07, 6.45) is 8.48. The van der Waals surface area contributed by atoms with Gasteiger partial charge < -0.3 is 14.8 Å². The van der Waals surface area contributed by atoms with Gasteiger partial charge in [-0.2, -0.15) is 4.98 Å². The fourth-order valence-electron chi connectivity index (χ4n) is 4.16. The van der Waals surface area contributed by atoms with Gasteiger partial charge >= 0.3 is 0 Å². The molecule has 1 aliphatic heterocycles. The zero-order chi connectivity index (χ0) is 18.1. The number of aromatic nitrogens is 3. The summed E-state index contributed by atoms with van der Waals surface area (Å²) >= 11 is 0. The second kappa shape index (κ2) is 7.09. The van der Waals surface area contributed by atoms with Crippen LogP contribution in [0.5, 0.6) is 0 Å². The van der Waals surface area contributed by atoms with Crippen LogP contribution in [0.4, 0.5) is 11.8 Å². The Balaban J connectivity index is 1.57. The number of piperidine rings is 1. The van der Waals surface area contributed by atoms with E-state index in [0.717, 1.165) is 56.1 Å². The molecule has 2 aromatic heterocycles. The summed E-state index contributed by atoms with van der Waals surface area (Å²) in [6.45, 7) is 1.96. The Kier molecular flexibility index (Phi) is 4.66. The number of aromatic amines is 1. The topological polar surface area (TPSA) is 65.1 Å². The number of rotatable bonds is 3. The number of hydrogen-bond donors (Lipinski definition) is 1. The van der Waals surface area contributed by atoms with Crippen molar-refractivity contribution >= 4 is 11.8 Å². The number of hydrogen-bond acceptors (Lipinski definition) is 5. The second-order valence-electron chi connectivity index (χ2n) is 7.62. The highest BCUT2D eigenvalue weighted by Gasteiger charge is 2.26. The number of fused-ring (bicyclic) bond motifs is 1. The summed E-state index contributed by atoms with van der Waals surface area (Å²) in [7, 11) is 4.01. The molecule has 0 saturated carbocycles. The summed E-state index contributed by atoms with van der Waals surface area (Å²) in [4.78, 5) is 28.4. The van der Waals surface area contributed by atoms with Gasteiger partial charge in [0, 0.05) is 45.0 Å². The van der Waals surface area contributed by atoms with Crippen LogP contribution in [0.1, 0.15) is 48.4 Å². The number of anilines is 2. The second-order valence-corrected chi connectivity index (χ2v) is 7.62. The number of aryl methyl sites for hydroxylation is 1. The van der Waals surface area contributed by atoms with Crippen molar-refractivity contribution in [3.05, 3.63) is 45.5 Å². The Morgan fingerprint density at radius 2 is 1.92 bits per heavy atom. The third-order valence-electron chi connectivity index (χ3n) is 5.61. The van der Waals surface area contributed by atoms with Crippen molar-refractivity contribution in [3.8, 4) is 0 Å². The third-order valence-corrected chi connectivity index (χ3v) is 5.61. The van der Waals surface area contributed by atoms with E-state index in [1.807, 2.05) is 25.1 Å². The van der Waals surface area contributed by atoms with Crippen molar-refractivity contribution < 1.29 is 0 Å². The van der Waals surface area contributed by atoms with Crippen molar-refractivity contribution in [1.29, 1.82) is 0 Å². The first-order valence-electron chi connectivity index (χ1n) is 9.62. The van der Waals surface area contributed by atoms with Gasteiger partial charge in [0.15, 0.2) is 0 Å². The van der Waals surface area contributed by atoms with E-state index in [1.165, 1.54) is 24.1 Å². The normalized spacial score (nSPS) is 17.8. The molecule has 0 unspecified atom stereocenters. The van der Waals surface area contributed by atoms with Gasteiger partial charge in [0.2, 0.25) is 11.5 Å². The number of H-pyrrole nitrogens is 1. The van der Waals surface area contributed by atoms with Crippen molar-refractivity contribution in [2.75, 3.05) is 37.0 Å². The molecule has 2 aromatic rings. The van der Waals surface area contributed by atoms with Gasteiger partial charge in [-0.25, -0.2) is 4.98 Å². The molecular weight excluding hydrogens is 326 g/mol. The van der Waals surface area contributed by atoms with Crippen LogP contribution < -0.4 is 15.4 Å². The average Bonchev–Trinajstić information content (AvgIpc) is 2.67. The highest BCUT2D eigenvalue weighted by Crippen LogP contribution is 2.34. The maximum Gasteiger partial charge on any atom is 0.248 e. The van der Waals surface area contributed by atoms with Crippen LogP contribution in [-0.4, -0.2) is 42.1 Å². The Morgan fingerprint density at radius 3 is 2.65 bits per heavy atom. The van der Waals surface area contributed by atoms with Crippen LogP contribution in [0, 0.1) is 0 Å². The van der Waals surface area contributed by atoms with Gasteiger partial charge in [0.25, 0.3) is 0 Å². The van der Waals surface area contributed by atoms with E-state index >= 15 is 0 Å². The molecule has 4 rings (SSSR count). The zero-order valence-electron chi connectivity index (χ0n) is 15.7. The zero-order valence-corrected chi connectivity index (χ0v) is 15.7. The van der Waals surface area contributed by atoms with Crippen LogP contribution in [0.3, 0.4) is 0 Å². The lowest BCUT2D eigenvalue weighted by molar-refractivity contribution is 0.499. The number of pyridine rings is 1. The first-order chi connectivity index (χ1) is 12.6. The SMILES string of the molecule is CN(C)c1nc2c(c(N3CCC(c4cc[nH]c(=O)c4)CC3)n1)CCCC2. The van der Waals surface area contributed by atoms with Crippen molar-refractivity contribution in [3.63, 3.8) is 0 Å². The molecule has 0 spiro atoms. The van der Waals surface area contributed by atoms with Gasteiger partial charge in [-0.1, -0.05) is 0 Å². The van der Waals surface area contributed by atoms with E-state index in [1.54, 1.807) is 12.3 Å². The average molecular weight is 353 g/mol. The summed E-state index contributed by atoms with van der Waals surface area (Å²) in [5.41, 5.74) is 3.75. The molecule has 0 amide bonds. The Hall–Kier alpha value is -2.37. The summed E-state index contributed by atoms with van der Waals surface area (Å²) in [5, 5.41) is 0. The summed E-state index contributed by atoms with van der Waals surface area (Å²) < 4.78 is 0. The maximum atomic E-state index is 11.6. The highest BCUT2D eigenvalue weighted by atomic mass is 16.1. The van der Waals surface area contributed by atoms with E-state index in [2.05, 4.69) is 9.88 Å². The lowest BCUT2D eigenvalue weighted by Gasteiger charge is -2.35. The van der Waals surface area contributed by atoms with E-state index in [0.29, 0.717) is 5.92 Å². The van der Waals surface area contributed by atoms with Gasteiger partial charge in [0.05, 0.1) is 5.69 Å². The monoisotopic (exact) mass is 353 g/mol. The molecule has 6 nitrogen and oxygen atoms in total. The molecule has 1 N–H and O–H groups in total. The Labute approximate surface area is 154 Å². The molecule has 0 radical (unpaired) electrons. The highest BCUT2D eigenvalue weighted by molar-refractivity contribution is 5.54. The Morgan fingerprint density at radius 1 is 1.15 bits per heavy atom. The van der Waals surface area contributed by atoms with E-state index < -0.39 is 0 Å². The molecule has 1 fully saturated rings. The standard InChI is InChI=1S/C20H27N5O/c1-24(2)20-22-17-6-4-3-5-16(17)19(23-20)25-11-8-14(9-12-25)15-7-10-21-18(26)13-15/h7,10,13-14H,3-6,8-9,11-12H2,1-2H3,(H,21,26). The van der Waals surface area contributed by atoms with E-state index in [9.17, 15) is 4.79 Å². The molecule has 2 aliphatic rings. The van der Waals surface area contributed by atoms with Gasteiger partial charge in [-0.15, -0.1) is 0 Å². The van der Waals surface area contributed by atoms with Crippen LogP contribution in [0.15, 0.2) is 23.1 Å². The number of nitrogens with zero attached hydrogens (tertiary/aromatic N) is 4. The van der Waals surface area contributed by atoms with E-state index in [-0.39, 0.29) is 5.56 Å². The van der Waals surface area contributed by atoms with Gasteiger partial charge in [-0.05, 0) is 56.1 Å². The summed E-state index contributed by atoms with van der Waals surface area (Å²) in [6, 6.07) is 3.79. The van der Waals surface area contributed by atoms with Crippen LogP contribution in [0.2, 0.25) is 0 Å². The molecule has 0 aromatic carbocycles. The fourth-order valence-corrected chi connectivity index (χ4v) is 4.16. The molecule has 26 heavy (non-hydrogen) atoms. The van der Waals surface area contributed by atoms with Gasteiger partial charge in [0.1, 0.15) is 5.82 Å². The van der Waals surface area contributed by atoms with Crippen LogP contribution >= 0.6 is 0 Å². The smallest absolute Gasteiger partial charge is 0.248 e. The van der Waals surface area contributed by atoms with Crippen molar-refractivity contribution in [2.45, 2.75) is 44.4 Å². The molecule has 0 atom stereocenters. The van der Waals surface area contributed by atoms with E-state index in [4.69, 9.17) is 9.97 Å². The Bertz CT molecular complexity index is 836. The molecule has 3 heterocycles. The predicted octanol–water partition coefficient (Wildman–Crippen LogP) is 2.49. The van der Waals surface area contributed by atoms with Crippen molar-refractivity contribution in [2.24, 2.45) is 0 Å². The first-order valence-corrected chi connectivity index (χ1v) is 9.62. The minimum atomic E-state index is -0.00887. The summed E-state index contributed by atoms with van der Waals surface area (Å²) in [5.74, 6) is 2.42. The molecule has 138 valence electrons.